The highest BCUT2D eigenvalue weighted by Crippen LogP contribution is 2.45. The van der Waals surface area contributed by atoms with Gasteiger partial charge in [-0.15, -0.1) is 0 Å². The molecule has 1 aliphatic carbocycles. The van der Waals surface area contributed by atoms with Crippen molar-refractivity contribution in [1.82, 2.24) is 9.97 Å². The molecule has 4 rings (SSSR count). The summed E-state index contributed by atoms with van der Waals surface area (Å²) in [5, 5.41) is 10.7. The van der Waals surface area contributed by atoms with Crippen LogP contribution < -0.4 is 14.4 Å². The number of aromatic nitrogens is 2. The van der Waals surface area contributed by atoms with Crippen molar-refractivity contribution in [3.63, 3.8) is 0 Å². The molecule has 1 aromatic carbocycles. The number of aliphatic hydroxyl groups is 1. The van der Waals surface area contributed by atoms with Gasteiger partial charge in [0.1, 0.15) is 5.15 Å². The zero-order chi connectivity index (χ0) is 21.4. The van der Waals surface area contributed by atoms with E-state index in [4.69, 9.17) is 26.1 Å². The largest absolute Gasteiger partial charge is 0.493 e. The second-order valence-corrected chi connectivity index (χ2v) is 8.27. The Morgan fingerprint density at radius 3 is 2.67 bits per heavy atom. The van der Waals surface area contributed by atoms with E-state index in [0.29, 0.717) is 41.2 Å². The molecular weight excluding hydrogens is 404 g/mol. The SMILES string of the molecule is CCOc1cc2c(cc1OC)C(c1cnc(N(C)C)nc1Cl)=N[C@@H]1CC[C@@H](O)C[C@H]21. The Balaban J connectivity index is 1.88. The maximum atomic E-state index is 10.3. The molecule has 8 heteroatoms. The Hall–Kier alpha value is -2.38. The lowest BCUT2D eigenvalue weighted by Crippen LogP contribution is -2.34. The number of anilines is 1. The third-order valence-corrected chi connectivity index (χ3v) is 6.04. The molecule has 1 N–H and O–H groups in total. The number of hydrogen-bond donors (Lipinski definition) is 1. The van der Waals surface area contributed by atoms with E-state index in [9.17, 15) is 5.11 Å². The van der Waals surface area contributed by atoms with Crippen molar-refractivity contribution >= 4 is 23.3 Å². The number of rotatable bonds is 5. The number of aliphatic hydroxyl groups excluding tert-OH is 1. The molecule has 7 nitrogen and oxygen atoms in total. The van der Waals surface area contributed by atoms with Gasteiger partial charge in [-0.2, -0.15) is 0 Å². The molecule has 2 heterocycles. The molecule has 2 aromatic rings. The van der Waals surface area contributed by atoms with Crippen LogP contribution in [0.15, 0.2) is 23.3 Å². The number of ether oxygens (including phenoxy) is 2. The highest BCUT2D eigenvalue weighted by Gasteiger charge is 2.38. The first kappa shape index (κ1) is 20.9. The zero-order valence-corrected chi connectivity index (χ0v) is 18.5. The molecule has 160 valence electrons. The summed E-state index contributed by atoms with van der Waals surface area (Å²) in [6.07, 6.45) is 3.65. The van der Waals surface area contributed by atoms with Crippen LogP contribution in [-0.4, -0.2) is 60.7 Å². The average Bonchev–Trinajstić information content (AvgIpc) is 2.73. The predicted molar refractivity (Wildman–Crippen MR) is 118 cm³/mol. The Bertz CT molecular complexity index is 979. The number of nitrogens with zero attached hydrogens (tertiary/aromatic N) is 4. The fraction of sp³-hybridized carbons (Fsp3) is 0.500. The number of methoxy groups -OCH3 is 1. The van der Waals surface area contributed by atoms with E-state index in [0.717, 1.165) is 29.7 Å². The van der Waals surface area contributed by atoms with Gasteiger partial charge in [0.25, 0.3) is 0 Å². The second kappa shape index (κ2) is 8.40. The summed E-state index contributed by atoms with van der Waals surface area (Å²) in [6.45, 7) is 2.49. The van der Waals surface area contributed by atoms with Crippen molar-refractivity contribution in [2.45, 2.75) is 44.2 Å². The number of fused-ring (bicyclic) bond motifs is 3. The number of aliphatic imine (C=N–C) groups is 1. The van der Waals surface area contributed by atoms with Crippen molar-refractivity contribution in [2.24, 2.45) is 4.99 Å². The molecule has 0 unspecified atom stereocenters. The van der Waals surface area contributed by atoms with E-state index in [1.165, 1.54) is 0 Å². The Labute approximate surface area is 181 Å². The van der Waals surface area contributed by atoms with E-state index in [1.54, 1.807) is 13.3 Å². The molecule has 3 atom stereocenters. The van der Waals surface area contributed by atoms with Crippen molar-refractivity contribution in [2.75, 3.05) is 32.7 Å². The van der Waals surface area contributed by atoms with Crippen molar-refractivity contribution in [1.29, 1.82) is 0 Å². The molecule has 0 radical (unpaired) electrons. The highest BCUT2D eigenvalue weighted by molar-refractivity contribution is 6.34. The monoisotopic (exact) mass is 430 g/mol. The van der Waals surface area contributed by atoms with Crippen LogP contribution in [0, 0.1) is 0 Å². The van der Waals surface area contributed by atoms with Gasteiger partial charge in [0.05, 0.1) is 37.1 Å². The summed E-state index contributed by atoms with van der Waals surface area (Å²) in [6, 6.07) is 4.06. The number of benzene rings is 1. The molecule has 1 saturated carbocycles. The predicted octanol–water partition coefficient (Wildman–Crippen LogP) is 3.45. The van der Waals surface area contributed by atoms with E-state index >= 15 is 0 Å². The third-order valence-electron chi connectivity index (χ3n) is 5.76. The van der Waals surface area contributed by atoms with Crippen molar-refractivity contribution < 1.29 is 14.6 Å². The first-order chi connectivity index (χ1) is 14.4. The van der Waals surface area contributed by atoms with E-state index in [2.05, 4.69) is 9.97 Å². The fourth-order valence-corrected chi connectivity index (χ4v) is 4.53. The minimum absolute atomic E-state index is 0.0726. The van der Waals surface area contributed by atoms with Gasteiger partial charge in [0.2, 0.25) is 5.95 Å². The van der Waals surface area contributed by atoms with Gasteiger partial charge < -0.3 is 19.5 Å². The van der Waals surface area contributed by atoms with Gasteiger partial charge in [0, 0.05) is 31.8 Å². The number of hydrogen-bond acceptors (Lipinski definition) is 7. The lowest BCUT2D eigenvalue weighted by molar-refractivity contribution is 0.111. The van der Waals surface area contributed by atoms with Crippen LogP contribution >= 0.6 is 11.6 Å². The quantitative estimate of drug-likeness (QED) is 0.732. The fourth-order valence-electron chi connectivity index (χ4n) is 4.31. The molecule has 1 fully saturated rings. The molecule has 2 aliphatic rings. The topological polar surface area (TPSA) is 80.1 Å². The van der Waals surface area contributed by atoms with Crippen LogP contribution in [0.5, 0.6) is 11.5 Å². The van der Waals surface area contributed by atoms with Gasteiger partial charge >= 0.3 is 0 Å². The van der Waals surface area contributed by atoms with Crippen LogP contribution in [0.1, 0.15) is 48.8 Å². The Kier molecular flexibility index (Phi) is 5.84. The normalized spacial score (nSPS) is 22.6. The summed E-state index contributed by atoms with van der Waals surface area (Å²) in [4.78, 5) is 15.8. The lowest BCUT2D eigenvalue weighted by Gasteiger charge is -2.37. The Morgan fingerprint density at radius 2 is 2.00 bits per heavy atom. The molecule has 30 heavy (non-hydrogen) atoms. The molecular formula is C22H27ClN4O3. The minimum atomic E-state index is -0.320. The molecule has 1 aliphatic heterocycles. The summed E-state index contributed by atoms with van der Waals surface area (Å²) in [5.41, 5.74) is 3.48. The first-order valence-electron chi connectivity index (χ1n) is 10.2. The molecule has 0 spiro atoms. The Morgan fingerprint density at radius 1 is 1.20 bits per heavy atom. The van der Waals surface area contributed by atoms with Crippen LogP contribution in [0.25, 0.3) is 0 Å². The van der Waals surface area contributed by atoms with Crippen LogP contribution in [-0.2, 0) is 0 Å². The highest BCUT2D eigenvalue weighted by atomic mass is 35.5. The summed E-state index contributed by atoms with van der Waals surface area (Å²) in [5.74, 6) is 2.01. The van der Waals surface area contributed by atoms with E-state index < -0.39 is 0 Å². The zero-order valence-electron chi connectivity index (χ0n) is 17.7. The van der Waals surface area contributed by atoms with Crippen LogP contribution in [0.4, 0.5) is 5.95 Å². The van der Waals surface area contributed by atoms with Crippen LogP contribution in [0.3, 0.4) is 0 Å². The van der Waals surface area contributed by atoms with Gasteiger partial charge in [-0.05, 0) is 43.9 Å². The third kappa shape index (κ3) is 3.72. The minimum Gasteiger partial charge on any atom is -0.493 e. The maximum absolute atomic E-state index is 10.3. The molecule has 0 amide bonds. The molecule has 0 bridgehead atoms. The van der Waals surface area contributed by atoms with E-state index in [-0.39, 0.29) is 18.1 Å². The van der Waals surface area contributed by atoms with Gasteiger partial charge in [0.15, 0.2) is 11.5 Å². The summed E-state index contributed by atoms with van der Waals surface area (Å²) < 4.78 is 11.4. The summed E-state index contributed by atoms with van der Waals surface area (Å²) >= 11 is 6.57. The van der Waals surface area contributed by atoms with Gasteiger partial charge in [-0.25, -0.2) is 9.97 Å². The smallest absolute Gasteiger partial charge is 0.226 e. The van der Waals surface area contributed by atoms with Crippen molar-refractivity contribution in [3.8, 4) is 11.5 Å². The lowest BCUT2D eigenvalue weighted by atomic mass is 9.74. The van der Waals surface area contributed by atoms with E-state index in [1.807, 2.05) is 38.1 Å². The first-order valence-corrected chi connectivity index (χ1v) is 10.6. The summed E-state index contributed by atoms with van der Waals surface area (Å²) in [7, 11) is 5.37. The van der Waals surface area contributed by atoms with Crippen molar-refractivity contribution in [3.05, 3.63) is 40.2 Å². The molecule has 1 aromatic heterocycles. The van der Waals surface area contributed by atoms with Gasteiger partial charge in [-0.1, -0.05) is 11.6 Å². The maximum Gasteiger partial charge on any atom is 0.226 e. The average molecular weight is 431 g/mol. The standard InChI is InChI=1S/C22H27ClN4O3/c1-5-30-19-9-13-14-8-12(28)6-7-17(14)25-20(15(13)10-18(19)29-4)16-11-24-22(27(2)3)26-21(16)23/h9-12,14,17,28H,5-8H2,1-4H3/t12-,14-,17-/m1/s1. The number of halogens is 1. The van der Waals surface area contributed by atoms with Gasteiger partial charge in [-0.3, -0.25) is 4.99 Å². The van der Waals surface area contributed by atoms with Crippen LogP contribution in [0.2, 0.25) is 5.15 Å². The second-order valence-electron chi connectivity index (χ2n) is 7.91. The molecule has 0 saturated heterocycles.